The lowest BCUT2D eigenvalue weighted by Crippen LogP contribution is -2.53. The van der Waals surface area contributed by atoms with Crippen LogP contribution in [-0.4, -0.2) is 72.7 Å². The van der Waals surface area contributed by atoms with Gasteiger partial charge in [-0.05, 0) is 48.7 Å². The van der Waals surface area contributed by atoms with Crippen molar-refractivity contribution in [1.82, 2.24) is 10.2 Å². The molecule has 11 nitrogen and oxygen atoms in total. The Hall–Kier alpha value is -5.23. The summed E-state index contributed by atoms with van der Waals surface area (Å²) in [5.74, 6) is 0.129. The second-order valence-corrected chi connectivity index (χ2v) is 13.8. The summed E-state index contributed by atoms with van der Waals surface area (Å²) in [5, 5.41) is 3.01. The number of rotatable bonds is 18. The van der Waals surface area contributed by atoms with Crippen LogP contribution >= 0.6 is 0 Å². The molecule has 0 radical (unpaired) electrons. The zero-order chi connectivity index (χ0) is 37.0. The summed E-state index contributed by atoms with van der Waals surface area (Å²) in [6.45, 7) is 3.80. The van der Waals surface area contributed by atoms with Crippen molar-refractivity contribution in [1.29, 1.82) is 0 Å². The van der Waals surface area contributed by atoms with Crippen LogP contribution in [-0.2, 0) is 32.6 Å². The van der Waals surface area contributed by atoms with Crippen LogP contribution in [0.3, 0.4) is 0 Å². The van der Waals surface area contributed by atoms with Crippen molar-refractivity contribution in [2.75, 3.05) is 45.8 Å². The fraction of sp³-hybridized carbons (Fsp3) is 0.333. The van der Waals surface area contributed by atoms with Crippen molar-refractivity contribution in [2.24, 2.45) is 0 Å². The van der Waals surface area contributed by atoms with Crippen molar-refractivity contribution in [3.8, 4) is 23.0 Å². The van der Waals surface area contributed by atoms with Crippen LogP contribution in [0.1, 0.15) is 36.5 Å². The SMILES string of the molecule is CCCCNC(=O)C(Cc1ccccc1)N(Cc1cccc(C)c1)C(=O)CN(c1cc(OC)ccc1OC)S(=O)(=O)c1ccc(OC)c(OC)c1. The molecule has 0 bridgehead atoms. The van der Waals surface area contributed by atoms with E-state index in [4.69, 9.17) is 18.9 Å². The molecule has 1 atom stereocenters. The van der Waals surface area contributed by atoms with Crippen molar-refractivity contribution in [3.63, 3.8) is 0 Å². The molecule has 0 saturated heterocycles. The molecule has 0 spiro atoms. The number of ether oxygens (including phenoxy) is 4. The van der Waals surface area contributed by atoms with Gasteiger partial charge in [-0.3, -0.25) is 13.9 Å². The minimum atomic E-state index is -4.49. The molecule has 4 aromatic rings. The quantitative estimate of drug-likeness (QED) is 0.129. The van der Waals surface area contributed by atoms with Gasteiger partial charge in [-0.25, -0.2) is 8.42 Å². The molecule has 0 aromatic heterocycles. The Labute approximate surface area is 301 Å². The standard InChI is InChI=1S/C39H47N3O8S/c1-7-8-21-40-39(44)34(23-29-14-10-9-11-15-29)41(26-30-16-12-13-28(2)22-30)38(43)27-42(33-24-31(47-3)17-19-35(33)48-4)51(45,46)32-18-20-36(49-5)37(25-32)50-6/h9-20,22,24-25,34H,7-8,21,23,26-27H2,1-6H3,(H,40,44). The van der Waals surface area contributed by atoms with E-state index in [0.29, 0.717) is 18.0 Å². The average molecular weight is 718 g/mol. The summed E-state index contributed by atoms with van der Waals surface area (Å²) < 4.78 is 52.2. The van der Waals surface area contributed by atoms with Gasteiger partial charge >= 0.3 is 0 Å². The lowest BCUT2D eigenvalue weighted by atomic mass is 10.0. The van der Waals surface area contributed by atoms with Gasteiger partial charge in [0.25, 0.3) is 10.0 Å². The average Bonchev–Trinajstić information content (AvgIpc) is 3.14. The zero-order valence-electron chi connectivity index (χ0n) is 30.0. The van der Waals surface area contributed by atoms with Gasteiger partial charge in [0.05, 0.1) is 39.0 Å². The summed E-state index contributed by atoms with van der Waals surface area (Å²) in [7, 11) is 1.24. The Balaban J connectivity index is 1.89. The Morgan fingerprint density at radius 3 is 2.10 bits per heavy atom. The van der Waals surface area contributed by atoms with Gasteiger partial charge in [0, 0.05) is 31.6 Å². The van der Waals surface area contributed by atoms with Crippen LogP contribution in [0.25, 0.3) is 0 Å². The van der Waals surface area contributed by atoms with Gasteiger partial charge < -0.3 is 29.2 Å². The van der Waals surface area contributed by atoms with Gasteiger partial charge in [0.2, 0.25) is 11.8 Å². The minimum absolute atomic E-state index is 0.0543. The first-order valence-corrected chi connectivity index (χ1v) is 18.1. The number of carbonyl (C=O) groups excluding carboxylic acids is 2. The Bertz CT molecular complexity index is 1880. The number of hydrogen-bond acceptors (Lipinski definition) is 8. The summed E-state index contributed by atoms with van der Waals surface area (Å²) in [5.41, 5.74) is 2.68. The molecule has 0 fully saturated rings. The third-order valence-electron chi connectivity index (χ3n) is 8.41. The maximum Gasteiger partial charge on any atom is 0.265 e. The van der Waals surface area contributed by atoms with E-state index in [-0.39, 0.29) is 41.0 Å². The Morgan fingerprint density at radius 1 is 0.765 bits per heavy atom. The number of anilines is 1. The molecule has 2 amide bonds. The Kier molecular flexibility index (Phi) is 13.7. The molecule has 272 valence electrons. The van der Waals surface area contributed by atoms with E-state index in [1.54, 1.807) is 12.1 Å². The monoisotopic (exact) mass is 717 g/mol. The number of hydrogen-bond donors (Lipinski definition) is 1. The van der Waals surface area contributed by atoms with Crippen molar-refractivity contribution < 1.29 is 37.0 Å². The molecular weight excluding hydrogens is 671 g/mol. The van der Waals surface area contributed by atoms with E-state index in [1.807, 2.05) is 68.4 Å². The number of carbonyl (C=O) groups is 2. The highest BCUT2D eigenvalue weighted by atomic mass is 32.2. The van der Waals surface area contributed by atoms with Gasteiger partial charge in [0.1, 0.15) is 24.1 Å². The summed E-state index contributed by atoms with van der Waals surface area (Å²) in [4.78, 5) is 30.2. The molecule has 4 rings (SSSR count). The van der Waals surface area contributed by atoms with E-state index in [0.717, 1.165) is 33.8 Å². The second-order valence-electron chi connectivity index (χ2n) is 11.9. The van der Waals surface area contributed by atoms with Crippen molar-refractivity contribution >= 4 is 27.5 Å². The lowest BCUT2D eigenvalue weighted by molar-refractivity contribution is -0.140. The van der Waals surface area contributed by atoms with Crippen molar-refractivity contribution in [3.05, 3.63) is 108 Å². The van der Waals surface area contributed by atoms with Crippen LogP contribution in [0.15, 0.2) is 95.9 Å². The van der Waals surface area contributed by atoms with Crippen molar-refractivity contribution in [2.45, 2.75) is 50.6 Å². The van der Waals surface area contributed by atoms with E-state index >= 15 is 0 Å². The molecule has 51 heavy (non-hydrogen) atoms. The zero-order valence-corrected chi connectivity index (χ0v) is 30.9. The van der Waals surface area contributed by atoms with Gasteiger partial charge in [-0.15, -0.1) is 0 Å². The summed E-state index contributed by atoms with van der Waals surface area (Å²) >= 11 is 0. The normalized spacial score (nSPS) is 11.6. The van der Waals surface area contributed by atoms with Crippen LogP contribution in [0.4, 0.5) is 5.69 Å². The van der Waals surface area contributed by atoms with E-state index < -0.39 is 28.5 Å². The molecule has 0 heterocycles. The highest BCUT2D eigenvalue weighted by molar-refractivity contribution is 7.92. The van der Waals surface area contributed by atoms with Crippen LogP contribution < -0.4 is 28.6 Å². The predicted molar refractivity (Wildman–Crippen MR) is 197 cm³/mol. The predicted octanol–water partition coefficient (Wildman–Crippen LogP) is 5.78. The lowest BCUT2D eigenvalue weighted by Gasteiger charge is -2.34. The largest absolute Gasteiger partial charge is 0.497 e. The molecule has 1 unspecified atom stereocenters. The summed E-state index contributed by atoms with van der Waals surface area (Å²) in [6.07, 6.45) is 1.85. The highest BCUT2D eigenvalue weighted by Gasteiger charge is 2.36. The number of amides is 2. The minimum Gasteiger partial charge on any atom is -0.497 e. The third-order valence-corrected chi connectivity index (χ3v) is 10.2. The smallest absolute Gasteiger partial charge is 0.265 e. The first-order chi connectivity index (χ1) is 24.6. The first-order valence-electron chi connectivity index (χ1n) is 16.7. The second kappa shape index (κ2) is 18.1. The number of unbranched alkanes of at least 4 members (excludes halogenated alkanes) is 1. The van der Waals surface area contributed by atoms with Gasteiger partial charge in [-0.2, -0.15) is 0 Å². The van der Waals surface area contributed by atoms with Gasteiger partial charge in [-0.1, -0.05) is 73.5 Å². The number of benzene rings is 4. The fourth-order valence-electron chi connectivity index (χ4n) is 5.68. The maximum atomic E-state index is 14.9. The molecule has 12 heteroatoms. The Morgan fingerprint density at radius 2 is 1.45 bits per heavy atom. The number of nitrogens with one attached hydrogen (secondary N) is 1. The van der Waals surface area contributed by atoms with E-state index in [1.165, 1.54) is 57.6 Å². The highest BCUT2D eigenvalue weighted by Crippen LogP contribution is 2.38. The van der Waals surface area contributed by atoms with Crippen LogP contribution in [0.5, 0.6) is 23.0 Å². The third kappa shape index (κ3) is 9.72. The topological polar surface area (TPSA) is 124 Å². The molecule has 1 N–H and O–H groups in total. The van der Waals surface area contributed by atoms with E-state index in [2.05, 4.69) is 5.32 Å². The molecular formula is C39H47N3O8S. The molecule has 4 aromatic carbocycles. The van der Waals surface area contributed by atoms with Crippen LogP contribution in [0.2, 0.25) is 0 Å². The molecule has 0 aliphatic carbocycles. The molecule has 0 aliphatic rings. The van der Waals surface area contributed by atoms with E-state index in [9.17, 15) is 18.0 Å². The number of sulfonamides is 1. The summed E-state index contributed by atoms with van der Waals surface area (Å²) in [6, 6.07) is 25.0. The first kappa shape index (κ1) is 38.6. The molecule has 0 saturated carbocycles. The fourth-order valence-corrected chi connectivity index (χ4v) is 7.11. The van der Waals surface area contributed by atoms with Crippen LogP contribution in [0, 0.1) is 6.92 Å². The van der Waals surface area contributed by atoms with Gasteiger partial charge in [0.15, 0.2) is 11.5 Å². The number of methoxy groups -OCH3 is 4. The maximum absolute atomic E-state index is 14.9. The number of aryl methyl sites for hydroxylation is 1. The number of nitrogens with zero attached hydrogens (tertiary/aromatic N) is 2. The molecule has 0 aliphatic heterocycles.